The van der Waals surface area contributed by atoms with Gasteiger partial charge in [-0.2, -0.15) is 0 Å². The zero-order chi connectivity index (χ0) is 16.9. The summed E-state index contributed by atoms with van der Waals surface area (Å²) in [6, 6.07) is 16.5. The minimum absolute atomic E-state index is 0.0695. The van der Waals surface area contributed by atoms with Crippen LogP contribution in [0.3, 0.4) is 0 Å². The number of aromatic nitrogens is 1. The zero-order valence-electron chi connectivity index (χ0n) is 12.5. The molecule has 1 amide bonds. The highest BCUT2D eigenvalue weighted by Crippen LogP contribution is 2.21. The number of nitro groups is 1. The van der Waals surface area contributed by atoms with Crippen molar-refractivity contribution in [2.75, 3.05) is 11.1 Å². The highest BCUT2D eigenvalue weighted by molar-refractivity contribution is 7.99. The lowest BCUT2D eigenvalue weighted by Crippen LogP contribution is -2.14. The number of fused-ring (bicyclic) bond motifs is 1. The van der Waals surface area contributed by atoms with Crippen molar-refractivity contribution in [3.05, 3.63) is 70.9 Å². The Labute approximate surface area is 142 Å². The van der Waals surface area contributed by atoms with E-state index in [9.17, 15) is 14.9 Å². The number of thioether (sulfide) groups is 1. The number of hydrogen-bond acceptors (Lipinski definition) is 5. The lowest BCUT2D eigenvalue weighted by molar-refractivity contribution is -0.385. The fraction of sp³-hybridized carbons (Fsp3) is 0.0588. The van der Waals surface area contributed by atoms with E-state index in [0.29, 0.717) is 5.03 Å². The standard InChI is InChI=1S/C17H13N3O3S/c21-16(11-24-17-8-7-15(10-18-17)20(22)23)19-14-6-5-12-3-1-2-4-13(12)9-14/h1-10H,11H2,(H,19,21). The van der Waals surface area contributed by atoms with E-state index >= 15 is 0 Å². The maximum absolute atomic E-state index is 12.0. The van der Waals surface area contributed by atoms with Gasteiger partial charge in [0, 0.05) is 11.8 Å². The third-order valence-electron chi connectivity index (χ3n) is 3.32. The van der Waals surface area contributed by atoms with Gasteiger partial charge in [-0.25, -0.2) is 4.98 Å². The second-order valence-corrected chi connectivity index (χ2v) is 6.01. The van der Waals surface area contributed by atoms with Crippen molar-refractivity contribution in [3.63, 3.8) is 0 Å². The maximum Gasteiger partial charge on any atom is 0.287 e. The molecule has 1 heterocycles. The monoisotopic (exact) mass is 339 g/mol. The molecule has 1 aromatic heterocycles. The van der Waals surface area contributed by atoms with Crippen LogP contribution < -0.4 is 5.32 Å². The van der Waals surface area contributed by atoms with Gasteiger partial charge in [0.1, 0.15) is 6.20 Å². The van der Waals surface area contributed by atoms with Crippen LogP contribution in [0.5, 0.6) is 0 Å². The van der Waals surface area contributed by atoms with Gasteiger partial charge in [0.25, 0.3) is 5.69 Å². The minimum Gasteiger partial charge on any atom is -0.325 e. The van der Waals surface area contributed by atoms with Gasteiger partial charge in [-0.05, 0) is 29.0 Å². The van der Waals surface area contributed by atoms with E-state index in [1.54, 1.807) is 0 Å². The molecule has 0 atom stereocenters. The van der Waals surface area contributed by atoms with Crippen molar-refractivity contribution < 1.29 is 9.72 Å². The molecule has 0 saturated heterocycles. The van der Waals surface area contributed by atoms with E-state index in [-0.39, 0.29) is 17.3 Å². The van der Waals surface area contributed by atoms with Crippen LogP contribution in [0.1, 0.15) is 0 Å². The van der Waals surface area contributed by atoms with E-state index in [1.807, 2.05) is 42.5 Å². The summed E-state index contributed by atoms with van der Waals surface area (Å²) in [5.41, 5.74) is 0.663. The summed E-state index contributed by atoms with van der Waals surface area (Å²) in [5, 5.41) is 16.1. The molecule has 0 aliphatic rings. The molecule has 1 N–H and O–H groups in total. The molecular formula is C17H13N3O3S. The first-order chi connectivity index (χ1) is 11.6. The number of benzene rings is 2. The average Bonchev–Trinajstić information content (AvgIpc) is 2.60. The molecule has 7 heteroatoms. The average molecular weight is 339 g/mol. The molecule has 120 valence electrons. The van der Waals surface area contributed by atoms with Crippen molar-refractivity contribution >= 4 is 39.8 Å². The summed E-state index contributed by atoms with van der Waals surface area (Å²) < 4.78 is 0. The van der Waals surface area contributed by atoms with Crippen molar-refractivity contribution in [2.24, 2.45) is 0 Å². The van der Waals surface area contributed by atoms with Gasteiger partial charge in [0.2, 0.25) is 5.91 Å². The Kier molecular flexibility index (Phi) is 4.72. The van der Waals surface area contributed by atoms with Gasteiger partial charge in [-0.1, -0.05) is 42.1 Å². The summed E-state index contributed by atoms with van der Waals surface area (Å²) in [6.45, 7) is 0. The molecule has 0 spiro atoms. The smallest absolute Gasteiger partial charge is 0.287 e. The molecule has 0 saturated carbocycles. The lowest BCUT2D eigenvalue weighted by Gasteiger charge is -2.06. The first-order valence-corrected chi connectivity index (χ1v) is 8.12. The van der Waals surface area contributed by atoms with Gasteiger partial charge >= 0.3 is 0 Å². The van der Waals surface area contributed by atoms with Crippen molar-refractivity contribution in [1.29, 1.82) is 0 Å². The Bertz CT molecular complexity index is 897. The Balaban J connectivity index is 1.59. The number of carbonyl (C=O) groups excluding carboxylic acids is 1. The molecule has 0 aliphatic carbocycles. The van der Waals surface area contributed by atoms with Gasteiger partial charge in [0.05, 0.1) is 15.7 Å². The van der Waals surface area contributed by atoms with Gasteiger partial charge in [0.15, 0.2) is 0 Å². The second-order valence-electron chi connectivity index (χ2n) is 5.01. The number of anilines is 1. The van der Waals surface area contributed by atoms with Crippen LogP contribution in [-0.2, 0) is 4.79 Å². The molecule has 0 aliphatic heterocycles. The topological polar surface area (TPSA) is 85.1 Å². The van der Waals surface area contributed by atoms with E-state index in [0.717, 1.165) is 16.5 Å². The minimum atomic E-state index is -0.506. The fourth-order valence-electron chi connectivity index (χ4n) is 2.17. The van der Waals surface area contributed by atoms with Crippen LogP contribution >= 0.6 is 11.8 Å². The number of carbonyl (C=O) groups is 1. The number of hydrogen-bond donors (Lipinski definition) is 1. The predicted molar refractivity (Wildman–Crippen MR) is 94.2 cm³/mol. The second kappa shape index (κ2) is 7.10. The van der Waals surface area contributed by atoms with Gasteiger partial charge in [-0.3, -0.25) is 14.9 Å². The van der Waals surface area contributed by atoms with E-state index in [2.05, 4.69) is 10.3 Å². The molecule has 0 fully saturated rings. The van der Waals surface area contributed by atoms with Crippen molar-refractivity contribution in [2.45, 2.75) is 5.03 Å². The Morgan fingerprint density at radius 3 is 2.62 bits per heavy atom. The van der Waals surface area contributed by atoms with Crippen molar-refractivity contribution in [3.8, 4) is 0 Å². The third-order valence-corrected chi connectivity index (χ3v) is 4.26. The predicted octanol–water partition coefficient (Wildman–Crippen LogP) is 3.87. The van der Waals surface area contributed by atoms with E-state index in [4.69, 9.17) is 0 Å². The first kappa shape index (κ1) is 15.9. The normalized spacial score (nSPS) is 10.5. The summed E-state index contributed by atoms with van der Waals surface area (Å²) in [6.07, 6.45) is 1.18. The summed E-state index contributed by atoms with van der Waals surface area (Å²) in [5.74, 6) is 0.0212. The molecule has 3 aromatic rings. The number of nitrogens with one attached hydrogen (secondary N) is 1. The van der Waals surface area contributed by atoms with Crippen molar-refractivity contribution in [1.82, 2.24) is 4.98 Å². The summed E-state index contributed by atoms with van der Waals surface area (Å²) in [4.78, 5) is 26.1. The Morgan fingerprint density at radius 2 is 1.92 bits per heavy atom. The maximum atomic E-state index is 12.0. The van der Waals surface area contributed by atoms with Crippen LogP contribution in [0.15, 0.2) is 65.8 Å². The Hall–Kier alpha value is -2.93. The third kappa shape index (κ3) is 3.88. The van der Waals surface area contributed by atoms with Crippen LogP contribution in [0.2, 0.25) is 0 Å². The van der Waals surface area contributed by atoms with Crippen LogP contribution in [0.25, 0.3) is 10.8 Å². The number of rotatable bonds is 5. The van der Waals surface area contributed by atoms with Crippen LogP contribution in [0.4, 0.5) is 11.4 Å². The lowest BCUT2D eigenvalue weighted by atomic mass is 10.1. The molecular weight excluding hydrogens is 326 g/mol. The molecule has 6 nitrogen and oxygen atoms in total. The quantitative estimate of drug-likeness (QED) is 0.433. The molecule has 2 aromatic carbocycles. The number of amides is 1. The SMILES string of the molecule is O=C(CSc1ccc([N+](=O)[O-])cn1)Nc1ccc2ccccc2c1. The van der Waals surface area contributed by atoms with Gasteiger partial charge < -0.3 is 5.32 Å². The molecule has 0 bridgehead atoms. The molecule has 0 unspecified atom stereocenters. The van der Waals surface area contributed by atoms with Crippen LogP contribution in [0, 0.1) is 10.1 Å². The van der Waals surface area contributed by atoms with Gasteiger partial charge in [-0.15, -0.1) is 0 Å². The summed E-state index contributed by atoms with van der Waals surface area (Å²) in [7, 11) is 0. The number of nitrogens with zero attached hydrogens (tertiary/aromatic N) is 2. The molecule has 3 rings (SSSR count). The molecule has 0 radical (unpaired) electrons. The van der Waals surface area contributed by atoms with E-state index < -0.39 is 4.92 Å². The van der Waals surface area contributed by atoms with E-state index in [1.165, 1.54) is 30.1 Å². The highest BCUT2D eigenvalue weighted by atomic mass is 32.2. The fourth-order valence-corrected chi connectivity index (χ4v) is 2.81. The Morgan fingerprint density at radius 1 is 1.12 bits per heavy atom. The summed E-state index contributed by atoms with van der Waals surface area (Å²) >= 11 is 1.23. The van der Waals surface area contributed by atoms with Crippen LogP contribution in [-0.4, -0.2) is 21.6 Å². The number of pyridine rings is 1. The first-order valence-electron chi connectivity index (χ1n) is 7.14. The highest BCUT2D eigenvalue weighted by Gasteiger charge is 2.08. The largest absolute Gasteiger partial charge is 0.325 e. The zero-order valence-corrected chi connectivity index (χ0v) is 13.3. The molecule has 24 heavy (non-hydrogen) atoms.